The molecule has 0 spiro atoms. The molecule has 0 unspecified atom stereocenters. The summed E-state index contributed by atoms with van der Waals surface area (Å²) >= 11 is 5.78. The van der Waals surface area contributed by atoms with Gasteiger partial charge in [-0.3, -0.25) is 0 Å². The van der Waals surface area contributed by atoms with Gasteiger partial charge in [0.25, 0.3) is 0 Å². The summed E-state index contributed by atoms with van der Waals surface area (Å²) in [7, 11) is 0. The van der Waals surface area contributed by atoms with Crippen LogP contribution in [0.1, 0.15) is 25.3 Å². The zero-order valence-electron chi connectivity index (χ0n) is 14.1. The first-order valence-corrected chi connectivity index (χ1v) is 8.78. The molecule has 0 bridgehead atoms. The standard InChI is InChI=1S/C18H21ClN4O2/c1-2-24-20-13-14-3-5-15(6-4-14)25-16-9-11-23(12-10-16)18-8-7-17(19)21-22-18/h3-8,13,16H,2,9-12H2,1H3. The first-order chi connectivity index (χ1) is 12.2. The molecule has 0 atom stereocenters. The van der Waals surface area contributed by atoms with E-state index >= 15 is 0 Å². The topological polar surface area (TPSA) is 59.8 Å². The monoisotopic (exact) mass is 360 g/mol. The van der Waals surface area contributed by atoms with Crippen LogP contribution in [-0.4, -0.2) is 42.2 Å². The molecule has 2 heterocycles. The average Bonchev–Trinajstić information content (AvgIpc) is 2.65. The van der Waals surface area contributed by atoms with Gasteiger partial charge in [0.05, 0.1) is 6.21 Å². The summed E-state index contributed by atoms with van der Waals surface area (Å²) in [6.45, 7) is 4.25. The fourth-order valence-electron chi connectivity index (χ4n) is 2.68. The molecule has 132 valence electrons. The minimum Gasteiger partial charge on any atom is -0.490 e. The van der Waals surface area contributed by atoms with Gasteiger partial charge < -0.3 is 14.5 Å². The average molecular weight is 361 g/mol. The lowest BCUT2D eigenvalue weighted by Gasteiger charge is -2.32. The Bertz CT molecular complexity index is 683. The molecular formula is C18H21ClN4O2. The van der Waals surface area contributed by atoms with E-state index in [-0.39, 0.29) is 6.10 Å². The largest absolute Gasteiger partial charge is 0.490 e. The second-order valence-corrected chi connectivity index (χ2v) is 6.13. The third-order valence-corrected chi connectivity index (χ3v) is 4.17. The number of ether oxygens (including phenoxy) is 1. The van der Waals surface area contributed by atoms with Crippen molar-refractivity contribution in [3.63, 3.8) is 0 Å². The Hall–Kier alpha value is -2.34. The van der Waals surface area contributed by atoms with Crippen molar-refractivity contribution in [3.05, 3.63) is 47.1 Å². The number of aromatic nitrogens is 2. The Balaban J connectivity index is 1.49. The molecule has 1 fully saturated rings. The third kappa shape index (κ3) is 5.06. The van der Waals surface area contributed by atoms with Gasteiger partial charge in [0, 0.05) is 25.9 Å². The molecule has 1 aromatic carbocycles. The van der Waals surface area contributed by atoms with E-state index in [1.165, 1.54) is 0 Å². The molecule has 6 nitrogen and oxygen atoms in total. The highest BCUT2D eigenvalue weighted by Crippen LogP contribution is 2.22. The van der Waals surface area contributed by atoms with E-state index in [0.29, 0.717) is 11.8 Å². The van der Waals surface area contributed by atoms with E-state index in [9.17, 15) is 0 Å². The predicted octanol–water partition coefficient (Wildman–Crippen LogP) is 3.55. The smallest absolute Gasteiger partial charge is 0.151 e. The molecule has 1 aromatic heterocycles. The number of anilines is 1. The molecule has 3 rings (SSSR count). The van der Waals surface area contributed by atoms with Crippen LogP contribution in [0.25, 0.3) is 0 Å². The molecule has 0 saturated carbocycles. The summed E-state index contributed by atoms with van der Waals surface area (Å²) in [6, 6.07) is 11.5. The number of nitrogens with zero attached hydrogens (tertiary/aromatic N) is 4. The molecule has 7 heteroatoms. The van der Waals surface area contributed by atoms with Crippen LogP contribution in [0.5, 0.6) is 5.75 Å². The highest BCUT2D eigenvalue weighted by molar-refractivity contribution is 6.29. The number of hydrogen-bond donors (Lipinski definition) is 0. The first-order valence-electron chi connectivity index (χ1n) is 8.41. The fraction of sp³-hybridized carbons (Fsp3) is 0.389. The van der Waals surface area contributed by atoms with Crippen LogP contribution in [0, 0.1) is 0 Å². The van der Waals surface area contributed by atoms with E-state index in [2.05, 4.69) is 20.3 Å². The van der Waals surface area contributed by atoms with Gasteiger partial charge in [-0.05, 0) is 48.9 Å². The lowest BCUT2D eigenvalue weighted by Crippen LogP contribution is -2.38. The van der Waals surface area contributed by atoms with Gasteiger partial charge in [-0.15, -0.1) is 10.2 Å². The van der Waals surface area contributed by atoms with Crippen molar-refractivity contribution >= 4 is 23.6 Å². The van der Waals surface area contributed by atoms with Crippen LogP contribution in [0.2, 0.25) is 5.15 Å². The van der Waals surface area contributed by atoms with E-state index in [0.717, 1.165) is 43.1 Å². The zero-order valence-corrected chi connectivity index (χ0v) is 14.9. The predicted molar refractivity (Wildman–Crippen MR) is 98.6 cm³/mol. The second-order valence-electron chi connectivity index (χ2n) is 5.74. The number of oxime groups is 1. The third-order valence-electron chi connectivity index (χ3n) is 3.97. The molecule has 1 saturated heterocycles. The van der Waals surface area contributed by atoms with Crippen molar-refractivity contribution < 1.29 is 9.57 Å². The second kappa shape index (κ2) is 8.67. The van der Waals surface area contributed by atoms with Crippen molar-refractivity contribution in [2.24, 2.45) is 5.16 Å². The van der Waals surface area contributed by atoms with Crippen molar-refractivity contribution in [2.75, 3.05) is 24.6 Å². The van der Waals surface area contributed by atoms with Crippen LogP contribution in [0.15, 0.2) is 41.6 Å². The highest BCUT2D eigenvalue weighted by atomic mass is 35.5. The summed E-state index contributed by atoms with van der Waals surface area (Å²) in [5.74, 6) is 1.74. The summed E-state index contributed by atoms with van der Waals surface area (Å²) in [6.07, 6.45) is 3.79. The minimum absolute atomic E-state index is 0.208. The first kappa shape index (κ1) is 17.5. The summed E-state index contributed by atoms with van der Waals surface area (Å²) in [5.41, 5.74) is 0.983. The quantitative estimate of drug-likeness (QED) is 0.582. The van der Waals surface area contributed by atoms with Gasteiger partial charge >= 0.3 is 0 Å². The number of benzene rings is 1. The fourth-order valence-corrected chi connectivity index (χ4v) is 2.78. The molecule has 0 radical (unpaired) electrons. The Kier molecular flexibility index (Phi) is 6.06. The van der Waals surface area contributed by atoms with Crippen LogP contribution < -0.4 is 9.64 Å². The van der Waals surface area contributed by atoms with E-state index < -0.39 is 0 Å². The highest BCUT2D eigenvalue weighted by Gasteiger charge is 2.21. The number of halogens is 1. The van der Waals surface area contributed by atoms with E-state index in [4.69, 9.17) is 21.2 Å². The Morgan fingerprint density at radius 2 is 1.92 bits per heavy atom. The van der Waals surface area contributed by atoms with Gasteiger partial charge in [-0.1, -0.05) is 16.8 Å². The lowest BCUT2D eigenvalue weighted by molar-refractivity contribution is 0.160. The summed E-state index contributed by atoms with van der Waals surface area (Å²) < 4.78 is 6.08. The molecule has 1 aliphatic heterocycles. The van der Waals surface area contributed by atoms with E-state index in [1.54, 1.807) is 12.3 Å². The molecular weight excluding hydrogens is 340 g/mol. The van der Waals surface area contributed by atoms with Crippen LogP contribution in [0.4, 0.5) is 5.82 Å². The maximum atomic E-state index is 6.08. The summed E-state index contributed by atoms with van der Waals surface area (Å²) in [5, 5.41) is 12.3. The van der Waals surface area contributed by atoms with Crippen molar-refractivity contribution in [1.82, 2.24) is 10.2 Å². The Labute approximate surface area is 152 Å². The van der Waals surface area contributed by atoms with Crippen molar-refractivity contribution in [1.29, 1.82) is 0 Å². The van der Waals surface area contributed by atoms with Gasteiger partial charge in [-0.2, -0.15) is 0 Å². The van der Waals surface area contributed by atoms with Gasteiger partial charge in [0.15, 0.2) is 11.0 Å². The molecule has 2 aromatic rings. The normalized spacial score (nSPS) is 15.5. The van der Waals surface area contributed by atoms with Gasteiger partial charge in [0.2, 0.25) is 0 Å². The summed E-state index contributed by atoms with van der Waals surface area (Å²) in [4.78, 5) is 7.16. The van der Waals surface area contributed by atoms with Crippen LogP contribution in [0.3, 0.4) is 0 Å². The Morgan fingerprint density at radius 3 is 2.56 bits per heavy atom. The maximum Gasteiger partial charge on any atom is 0.151 e. The van der Waals surface area contributed by atoms with Crippen molar-refractivity contribution in [3.8, 4) is 5.75 Å². The molecule has 25 heavy (non-hydrogen) atoms. The number of piperidine rings is 1. The Morgan fingerprint density at radius 1 is 1.16 bits per heavy atom. The van der Waals surface area contributed by atoms with E-state index in [1.807, 2.05) is 37.3 Å². The molecule has 0 N–H and O–H groups in total. The molecule has 0 amide bonds. The van der Waals surface area contributed by atoms with Crippen LogP contribution >= 0.6 is 11.6 Å². The van der Waals surface area contributed by atoms with Gasteiger partial charge in [-0.25, -0.2) is 0 Å². The van der Waals surface area contributed by atoms with Crippen molar-refractivity contribution in [2.45, 2.75) is 25.9 Å². The lowest BCUT2D eigenvalue weighted by atomic mass is 10.1. The molecule has 1 aliphatic rings. The number of rotatable bonds is 6. The maximum absolute atomic E-state index is 6.08. The number of hydrogen-bond acceptors (Lipinski definition) is 6. The minimum atomic E-state index is 0.208. The van der Waals surface area contributed by atoms with Gasteiger partial charge in [0.1, 0.15) is 18.5 Å². The molecule has 0 aliphatic carbocycles. The zero-order chi connectivity index (χ0) is 17.5. The SMILES string of the molecule is CCON=Cc1ccc(OC2CCN(c3ccc(Cl)nn3)CC2)cc1. The van der Waals surface area contributed by atoms with Crippen LogP contribution in [-0.2, 0) is 4.84 Å².